The predicted octanol–water partition coefficient (Wildman–Crippen LogP) is 0.980. The lowest BCUT2D eigenvalue weighted by Crippen LogP contribution is -2.76. The van der Waals surface area contributed by atoms with Crippen molar-refractivity contribution in [3.05, 3.63) is 0 Å². The third-order valence-corrected chi connectivity index (χ3v) is 4.47. The lowest BCUT2D eigenvalue weighted by Gasteiger charge is -2.59. The topological polar surface area (TPSA) is 49.8 Å². The Morgan fingerprint density at radius 1 is 1.53 bits per heavy atom. The minimum Gasteiger partial charge on any atom is -0.394 e. The fourth-order valence-corrected chi connectivity index (χ4v) is 3.46. The molecule has 2 bridgehead atoms. The largest absolute Gasteiger partial charge is 0.404 e. The minimum absolute atomic E-state index is 0.149. The number of ether oxygens (including phenoxy) is 1. The Morgan fingerprint density at radius 3 is 2.63 bits per heavy atom. The van der Waals surface area contributed by atoms with Crippen LogP contribution in [-0.4, -0.2) is 60.4 Å². The van der Waals surface area contributed by atoms with Gasteiger partial charge in [0.15, 0.2) is 5.78 Å². The molecule has 3 fully saturated rings. The van der Waals surface area contributed by atoms with Gasteiger partial charge in [-0.25, -0.2) is 0 Å². The Bertz CT molecular complexity index is 387. The molecule has 4 nitrogen and oxygen atoms in total. The van der Waals surface area contributed by atoms with Crippen molar-refractivity contribution >= 4 is 5.78 Å². The molecule has 7 heteroatoms. The molecule has 0 aromatic carbocycles. The average molecular weight is 281 g/mol. The molecule has 4 atom stereocenters. The number of rotatable bonds is 3. The first-order valence-corrected chi connectivity index (χ1v) is 6.19. The number of aliphatic hydroxyl groups is 1. The number of ketones is 1. The van der Waals surface area contributed by atoms with Gasteiger partial charge in [0.2, 0.25) is 0 Å². The van der Waals surface area contributed by atoms with Crippen molar-refractivity contribution in [2.24, 2.45) is 5.41 Å². The number of aliphatic hydroxyl groups excluding tert-OH is 1. The highest BCUT2D eigenvalue weighted by Crippen LogP contribution is 2.51. The summed E-state index contributed by atoms with van der Waals surface area (Å²) in [7, 11) is 1.32. The second-order valence-corrected chi connectivity index (χ2v) is 5.72. The van der Waals surface area contributed by atoms with Crippen LogP contribution in [0.15, 0.2) is 0 Å². The minimum atomic E-state index is -4.41. The molecule has 0 aliphatic carbocycles. The smallest absolute Gasteiger partial charge is 0.394 e. The maximum atomic E-state index is 13.1. The summed E-state index contributed by atoms with van der Waals surface area (Å²) in [6.45, 7) is 0.841. The van der Waals surface area contributed by atoms with Gasteiger partial charge in [-0.1, -0.05) is 6.92 Å². The summed E-state index contributed by atoms with van der Waals surface area (Å²) < 4.78 is 44.3. The van der Waals surface area contributed by atoms with E-state index in [4.69, 9.17) is 4.74 Å². The third-order valence-electron chi connectivity index (χ3n) is 4.47. The zero-order valence-electron chi connectivity index (χ0n) is 11.0. The maximum Gasteiger partial charge on any atom is 0.404 e. The van der Waals surface area contributed by atoms with E-state index in [0.717, 1.165) is 4.90 Å². The van der Waals surface area contributed by atoms with Crippen molar-refractivity contribution in [3.63, 3.8) is 0 Å². The van der Waals surface area contributed by atoms with Crippen LogP contribution in [0.5, 0.6) is 0 Å². The Morgan fingerprint density at radius 2 is 2.16 bits per heavy atom. The molecule has 0 saturated carbocycles. The summed E-state index contributed by atoms with van der Waals surface area (Å²) in [5.41, 5.74) is -2.59. The van der Waals surface area contributed by atoms with Crippen molar-refractivity contribution in [1.82, 2.24) is 4.90 Å². The molecule has 0 aromatic rings. The maximum absolute atomic E-state index is 13.1. The fourth-order valence-electron chi connectivity index (χ4n) is 3.46. The van der Waals surface area contributed by atoms with Crippen LogP contribution in [0.2, 0.25) is 0 Å². The molecule has 0 radical (unpaired) electrons. The van der Waals surface area contributed by atoms with Crippen molar-refractivity contribution in [3.8, 4) is 0 Å². The zero-order valence-corrected chi connectivity index (χ0v) is 11.0. The van der Waals surface area contributed by atoms with Crippen LogP contribution < -0.4 is 0 Å². The summed E-state index contributed by atoms with van der Waals surface area (Å²) in [5, 5.41) is 9.55. The van der Waals surface area contributed by atoms with E-state index < -0.39 is 29.8 Å². The number of carbonyl (C=O) groups is 1. The van der Waals surface area contributed by atoms with Crippen LogP contribution >= 0.6 is 0 Å². The van der Waals surface area contributed by atoms with E-state index in [9.17, 15) is 23.1 Å². The van der Waals surface area contributed by atoms with Crippen molar-refractivity contribution in [1.29, 1.82) is 0 Å². The average Bonchev–Trinajstić information content (AvgIpc) is 2.33. The molecule has 3 rings (SSSR count). The zero-order chi connectivity index (χ0) is 14.5. The Kier molecular flexibility index (Phi) is 3.43. The van der Waals surface area contributed by atoms with E-state index in [1.54, 1.807) is 6.92 Å². The van der Waals surface area contributed by atoms with Crippen LogP contribution in [0.1, 0.15) is 19.8 Å². The second kappa shape index (κ2) is 4.43. The van der Waals surface area contributed by atoms with Crippen molar-refractivity contribution < 1.29 is 27.8 Å². The summed E-state index contributed by atoms with van der Waals surface area (Å²) in [6.07, 6.45) is -4.25. The molecular weight excluding hydrogens is 263 g/mol. The monoisotopic (exact) mass is 281 g/mol. The third kappa shape index (κ3) is 1.98. The van der Waals surface area contributed by atoms with Gasteiger partial charge in [0, 0.05) is 19.1 Å². The van der Waals surface area contributed by atoms with E-state index in [-0.39, 0.29) is 25.4 Å². The van der Waals surface area contributed by atoms with Crippen molar-refractivity contribution in [2.75, 3.05) is 26.9 Å². The van der Waals surface area contributed by atoms with Gasteiger partial charge in [0.25, 0.3) is 0 Å². The first kappa shape index (κ1) is 14.7. The van der Waals surface area contributed by atoms with Crippen LogP contribution in [0.4, 0.5) is 13.2 Å². The highest BCUT2D eigenvalue weighted by Gasteiger charge is 2.66. The number of hydrogen-bond acceptors (Lipinski definition) is 4. The molecule has 3 heterocycles. The van der Waals surface area contributed by atoms with Gasteiger partial charge in [-0.3, -0.25) is 9.69 Å². The molecule has 1 N–H and O–H groups in total. The Hall–Kier alpha value is -0.660. The van der Waals surface area contributed by atoms with Crippen LogP contribution in [0.25, 0.3) is 0 Å². The molecule has 110 valence electrons. The Balaban J connectivity index is 2.47. The van der Waals surface area contributed by atoms with E-state index in [1.807, 2.05) is 0 Å². The van der Waals surface area contributed by atoms with Gasteiger partial charge in [0.1, 0.15) is 11.6 Å². The summed E-state index contributed by atoms with van der Waals surface area (Å²) in [5.74, 6) is -0.337. The first-order chi connectivity index (χ1) is 8.71. The van der Waals surface area contributed by atoms with Gasteiger partial charge in [0.05, 0.1) is 13.2 Å². The molecule has 3 aliphatic rings. The van der Waals surface area contributed by atoms with E-state index in [2.05, 4.69) is 0 Å². The van der Waals surface area contributed by atoms with Gasteiger partial charge < -0.3 is 9.84 Å². The van der Waals surface area contributed by atoms with Gasteiger partial charge in [-0.15, -0.1) is 0 Å². The summed E-state index contributed by atoms with van der Waals surface area (Å²) in [6, 6.07) is -1.69. The lowest BCUT2D eigenvalue weighted by molar-refractivity contribution is -0.244. The normalized spacial score (nSPS) is 42.7. The molecule has 19 heavy (non-hydrogen) atoms. The standard InChI is InChI=1S/C12H18F3NO3/c1-10-3-4-16(8(5-10)12(13,14)15)11(6-17,7-19-2)9(10)18/h8,17H,3-7H2,1-2H3/t8-,10+,11+/m1/s1. The number of fused-ring (bicyclic) bond motifs is 3. The summed E-state index contributed by atoms with van der Waals surface area (Å²) in [4.78, 5) is 13.6. The highest BCUT2D eigenvalue weighted by molar-refractivity contribution is 5.95. The van der Waals surface area contributed by atoms with Crippen LogP contribution in [0, 0.1) is 5.41 Å². The van der Waals surface area contributed by atoms with E-state index >= 15 is 0 Å². The fraction of sp³-hybridized carbons (Fsp3) is 0.917. The number of nitrogens with zero attached hydrogens (tertiary/aromatic N) is 1. The molecule has 0 aromatic heterocycles. The molecule has 0 amide bonds. The van der Waals surface area contributed by atoms with Gasteiger partial charge in [-0.2, -0.15) is 13.2 Å². The number of halogens is 3. The van der Waals surface area contributed by atoms with Gasteiger partial charge >= 0.3 is 6.18 Å². The Labute approximate surface area is 109 Å². The molecule has 0 spiro atoms. The number of hydrogen-bond donors (Lipinski definition) is 1. The van der Waals surface area contributed by atoms with Crippen LogP contribution in [0.3, 0.4) is 0 Å². The van der Waals surface area contributed by atoms with E-state index in [1.165, 1.54) is 7.11 Å². The predicted molar refractivity (Wildman–Crippen MR) is 60.6 cm³/mol. The molecule has 1 unspecified atom stereocenters. The first-order valence-electron chi connectivity index (χ1n) is 6.19. The van der Waals surface area contributed by atoms with Crippen molar-refractivity contribution in [2.45, 2.75) is 37.5 Å². The molecular formula is C12H18F3NO3. The van der Waals surface area contributed by atoms with Crippen LogP contribution in [-0.2, 0) is 9.53 Å². The van der Waals surface area contributed by atoms with E-state index in [0.29, 0.717) is 6.42 Å². The highest BCUT2D eigenvalue weighted by atomic mass is 19.4. The number of methoxy groups -OCH3 is 1. The second-order valence-electron chi connectivity index (χ2n) is 5.72. The molecule has 3 saturated heterocycles. The number of carbonyl (C=O) groups excluding carboxylic acids is 1. The quantitative estimate of drug-likeness (QED) is 0.838. The number of alkyl halides is 3. The number of Topliss-reactive ketones (excluding diaryl/α,β-unsaturated/α-hetero) is 1. The van der Waals surface area contributed by atoms with Gasteiger partial charge in [-0.05, 0) is 12.8 Å². The SMILES string of the molecule is COC[C@@]1(CO)C(=O)[C@@]2(C)CCN1[C@@H](C(F)(F)F)C2. The summed E-state index contributed by atoms with van der Waals surface area (Å²) >= 11 is 0. The number of piperidine rings is 3. The molecule has 3 aliphatic heterocycles. The lowest BCUT2D eigenvalue weighted by atomic mass is 9.61.